The maximum Gasteiger partial charge on any atom is 0.255 e. The van der Waals surface area contributed by atoms with Gasteiger partial charge in [0.05, 0.1) is 5.57 Å². The highest BCUT2D eigenvalue weighted by atomic mass is 16.5. The summed E-state index contributed by atoms with van der Waals surface area (Å²) in [5.74, 6) is 0.767. The summed E-state index contributed by atoms with van der Waals surface area (Å²) in [6.45, 7) is 2.16. The van der Waals surface area contributed by atoms with E-state index >= 15 is 0 Å². The summed E-state index contributed by atoms with van der Waals surface area (Å²) in [6.07, 6.45) is 3.76. The number of para-hydroxylation sites is 1. The van der Waals surface area contributed by atoms with Gasteiger partial charge in [-0.15, -0.1) is 0 Å². The Morgan fingerprint density at radius 2 is 1.88 bits per heavy atom. The van der Waals surface area contributed by atoms with E-state index in [0.717, 1.165) is 29.7 Å². The molecule has 1 aliphatic heterocycles. The second kappa shape index (κ2) is 6.67. The lowest BCUT2D eigenvalue weighted by atomic mass is 10.1. The predicted molar refractivity (Wildman–Crippen MR) is 101 cm³/mol. The molecule has 0 bridgehead atoms. The third-order valence-corrected chi connectivity index (χ3v) is 4.63. The first-order valence-corrected chi connectivity index (χ1v) is 8.75. The summed E-state index contributed by atoms with van der Waals surface area (Å²) in [6, 6.07) is 13.2. The van der Waals surface area contributed by atoms with Crippen LogP contribution in [0.15, 0.2) is 48.0 Å². The highest BCUT2D eigenvalue weighted by Crippen LogP contribution is 2.31. The highest BCUT2D eigenvalue weighted by molar-refractivity contribution is 6.08. The maximum absolute atomic E-state index is 12.6. The molecule has 2 aromatic carbocycles. The van der Waals surface area contributed by atoms with Crippen molar-refractivity contribution in [1.82, 2.24) is 0 Å². The van der Waals surface area contributed by atoms with Crippen LogP contribution in [-0.2, 0) is 9.59 Å². The molecule has 5 heteroatoms. The average Bonchev–Trinajstić information content (AvgIpc) is 3.49. The van der Waals surface area contributed by atoms with Crippen LogP contribution in [0.25, 0.3) is 6.08 Å². The number of carbonyl (C=O) groups is 2. The molecule has 1 aliphatic carbocycles. The Bertz CT molecular complexity index is 913. The zero-order valence-corrected chi connectivity index (χ0v) is 14.5. The van der Waals surface area contributed by atoms with Crippen molar-refractivity contribution < 1.29 is 14.3 Å². The topological polar surface area (TPSA) is 67.4 Å². The Labute approximate surface area is 152 Å². The second-order valence-electron chi connectivity index (χ2n) is 6.74. The van der Waals surface area contributed by atoms with E-state index in [2.05, 4.69) is 10.6 Å². The molecular formula is C21H20N2O3. The summed E-state index contributed by atoms with van der Waals surface area (Å²) in [4.78, 5) is 24.6. The molecule has 26 heavy (non-hydrogen) atoms. The van der Waals surface area contributed by atoms with Crippen LogP contribution in [0.4, 0.5) is 11.4 Å². The van der Waals surface area contributed by atoms with Gasteiger partial charge >= 0.3 is 0 Å². The van der Waals surface area contributed by atoms with Gasteiger partial charge < -0.3 is 15.4 Å². The fraction of sp³-hybridized carbons (Fsp3) is 0.238. The molecule has 0 atom stereocenters. The first-order chi connectivity index (χ1) is 12.6. The highest BCUT2D eigenvalue weighted by Gasteiger charge is 2.29. The Kier molecular flexibility index (Phi) is 4.21. The molecule has 2 amide bonds. The second-order valence-corrected chi connectivity index (χ2v) is 6.74. The van der Waals surface area contributed by atoms with Gasteiger partial charge in [-0.2, -0.15) is 0 Å². The van der Waals surface area contributed by atoms with Gasteiger partial charge in [0.15, 0.2) is 0 Å². The van der Waals surface area contributed by atoms with Crippen molar-refractivity contribution in [3.05, 3.63) is 59.2 Å². The monoisotopic (exact) mass is 348 g/mol. The van der Waals surface area contributed by atoms with Crippen molar-refractivity contribution in [2.24, 2.45) is 5.92 Å². The van der Waals surface area contributed by atoms with Gasteiger partial charge in [0.1, 0.15) is 12.4 Å². The molecule has 0 radical (unpaired) electrons. The summed E-state index contributed by atoms with van der Waals surface area (Å²) in [5, 5.41) is 5.84. The van der Waals surface area contributed by atoms with Crippen LogP contribution < -0.4 is 15.4 Å². The number of amides is 2. The van der Waals surface area contributed by atoms with E-state index in [1.165, 1.54) is 0 Å². The van der Waals surface area contributed by atoms with Crippen LogP contribution in [0, 0.1) is 12.8 Å². The summed E-state index contributed by atoms with van der Waals surface area (Å²) < 4.78 is 5.65. The third-order valence-electron chi connectivity index (χ3n) is 4.63. The molecule has 2 N–H and O–H groups in total. The minimum Gasteiger partial charge on any atom is -0.488 e. The summed E-state index contributed by atoms with van der Waals surface area (Å²) in [7, 11) is 0. The fourth-order valence-corrected chi connectivity index (χ4v) is 2.87. The van der Waals surface area contributed by atoms with Gasteiger partial charge in [-0.05, 0) is 49.6 Å². The number of carbonyl (C=O) groups excluding carboxylic acids is 2. The lowest BCUT2D eigenvalue weighted by Gasteiger charge is -2.18. The maximum atomic E-state index is 12.6. The van der Waals surface area contributed by atoms with Crippen molar-refractivity contribution in [3.63, 3.8) is 0 Å². The van der Waals surface area contributed by atoms with Gasteiger partial charge in [0.25, 0.3) is 5.91 Å². The van der Waals surface area contributed by atoms with E-state index in [4.69, 9.17) is 4.74 Å². The van der Waals surface area contributed by atoms with Crippen LogP contribution in [0.5, 0.6) is 5.75 Å². The summed E-state index contributed by atoms with van der Waals surface area (Å²) in [5.41, 5.74) is 3.77. The van der Waals surface area contributed by atoms with Gasteiger partial charge in [-0.3, -0.25) is 9.59 Å². The Hall–Kier alpha value is -3.08. The lowest BCUT2D eigenvalue weighted by molar-refractivity contribution is -0.117. The van der Waals surface area contributed by atoms with Gasteiger partial charge in [-0.25, -0.2) is 0 Å². The van der Waals surface area contributed by atoms with Crippen molar-refractivity contribution in [2.45, 2.75) is 19.8 Å². The number of hydrogen-bond donors (Lipinski definition) is 2. The van der Waals surface area contributed by atoms with Crippen molar-refractivity contribution in [1.29, 1.82) is 0 Å². The molecular weight excluding hydrogens is 328 g/mol. The molecule has 0 unspecified atom stereocenters. The third kappa shape index (κ3) is 3.47. The van der Waals surface area contributed by atoms with E-state index in [0.29, 0.717) is 16.9 Å². The molecule has 4 rings (SSSR count). The number of aryl methyl sites for hydroxylation is 1. The number of benzene rings is 2. The SMILES string of the molecule is Cc1ccc(NC(=O)C2CC2)cc1NC(=O)C1=Cc2ccccc2OC1. The van der Waals surface area contributed by atoms with Crippen LogP contribution >= 0.6 is 0 Å². The van der Waals surface area contributed by atoms with Gasteiger partial charge in [0.2, 0.25) is 5.91 Å². The minimum atomic E-state index is -0.201. The minimum absolute atomic E-state index is 0.0473. The van der Waals surface area contributed by atoms with Crippen LogP contribution in [-0.4, -0.2) is 18.4 Å². The number of fused-ring (bicyclic) bond motifs is 1. The van der Waals surface area contributed by atoms with Crippen molar-refractivity contribution >= 4 is 29.3 Å². The van der Waals surface area contributed by atoms with Crippen LogP contribution in [0.3, 0.4) is 0 Å². The fourth-order valence-electron chi connectivity index (χ4n) is 2.87. The largest absolute Gasteiger partial charge is 0.488 e. The molecule has 5 nitrogen and oxygen atoms in total. The predicted octanol–water partition coefficient (Wildman–Crippen LogP) is 3.76. The van der Waals surface area contributed by atoms with E-state index in [1.807, 2.05) is 49.4 Å². The molecule has 132 valence electrons. The molecule has 0 saturated heterocycles. The van der Waals surface area contributed by atoms with E-state index in [1.54, 1.807) is 6.07 Å². The zero-order valence-electron chi connectivity index (χ0n) is 14.5. The van der Waals surface area contributed by atoms with E-state index in [9.17, 15) is 9.59 Å². The molecule has 0 aromatic heterocycles. The molecule has 2 aliphatic rings. The van der Waals surface area contributed by atoms with Crippen molar-refractivity contribution in [3.8, 4) is 5.75 Å². The average molecular weight is 348 g/mol. The number of ether oxygens (including phenoxy) is 1. The molecule has 1 fully saturated rings. The normalized spacial score (nSPS) is 15.3. The molecule has 0 spiro atoms. The number of hydrogen-bond acceptors (Lipinski definition) is 3. The van der Waals surface area contributed by atoms with Crippen LogP contribution in [0.2, 0.25) is 0 Å². The van der Waals surface area contributed by atoms with Gasteiger partial charge in [0, 0.05) is 22.9 Å². The zero-order chi connectivity index (χ0) is 18.1. The number of rotatable bonds is 4. The first kappa shape index (κ1) is 16.4. The van der Waals surface area contributed by atoms with Crippen LogP contribution in [0.1, 0.15) is 24.0 Å². The number of nitrogens with one attached hydrogen (secondary N) is 2. The Morgan fingerprint density at radius 3 is 2.69 bits per heavy atom. The molecule has 1 heterocycles. The standard InChI is InChI=1S/C21H20N2O3/c1-13-6-9-17(22-20(24)14-7-8-14)11-18(13)23-21(25)16-10-15-4-2-3-5-19(15)26-12-16/h2-6,9-11,14H,7-8,12H2,1H3,(H,22,24)(H,23,25). The first-order valence-electron chi connectivity index (χ1n) is 8.75. The smallest absolute Gasteiger partial charge is 0.255 e. The number of anilines is 2. The van der Waals surface area contributed by atoms with Crippen molar-refractivity contribution in [2.75, 3.05) is 17.2 Å². The lowest BCUT2D eigenvalue weighted by Crippen LogP contribution is -2.22. The molecule has 2 aromatic rings. The van der Waals surface area contributed by atoms with E-state index in [-0.39, 0.29) is 24.3 Å². The Morgan fingerprint density at radius 1 is 1.08 bits per heavy atom. The van der Waals surface area contributed by atoms with E-state index < -0.39 is 0 Å². The van der Waals surface area contributed by atoms with Gasteiger partial charge in [-0.1, -0.05) is 24.3 Å². The molecule has 1 saturated carbocycles. The summed E-state index contributed by atoms with van der Waals surface area (Å²) >= 11 is 0. The quantitative estimate of drug-likeness (QED) is 0.884. The Balaban J connectivity index is 1.50.